The van der Waals surface area contributed by atoms with E-state index in [9.17, 15) is 4.79 Å². The molecule has 0 aliphatic carbocycles. The molecule has 0 saturated heterocycles. The Morgan fingerprint density at radius 1 is 1.62 bits per heavy atom. The quantitative estimate of drug-likeness (QED) is 0.729. The van der Waals surface area contributed by atoms with Crippen LogP contribution in [-0.4, -0.2) is 31.2 Å². The minimum atomic E-state index is -0.432. The van der Waals surface area contributed by atoms with Crippen molar-refractivity contribution >= 4 is 5.91 Å². The van der Waals surface area contributed by atoms with Crippen LogP contribution in [0.15, 0.2) is 12.0 Å². The van der Waals surface area contributed by atoms with Gasteiger partial charge in [-0.1, -0.05) is 13.8 Å². The van der Waals surface area contributed by atoms with Gasteiger partial charge in [0.05, 0.1) is 5.54 Å². The van der Waals surface area contributed by atoms with Crippen molar-refractivity contribution < 1.29 is 14.3 Å². The minimum Gasteiger partial charge on any atom is -0.494 e. The number of amides is 1. The van der Waals surface area contributed by atoms with Crippen molar-refractivity contribution in [2.24, 2.45) is 11.7 Å². The smallest absolute Gasteiger partial charge is 0.290 e. The van der Waals surface area contributed by atoms with E-state index >= 15 is 0 Å². The Bertz CT molecular complexity index is 289. The van der Waals surface area contributed by atoms with E-state index in [1.807, 2.05) is 20.8 Å². The van der Waals surface area contributed by atoms with Crippen molar-refractivity contribution in [3.63, 3.8) is 0 Å². The van der Waals surface area contributed by atoms with Crippen LogP contribution < -0.4 is 11.1 Å². The minimum absolute atomic E-state index is 0.214. The molecule has 0 aromatic heterocycles. The molecule has 1 aliphatic heterocycles. The molecule has 1 atom stereocenters. The first kappa shape index (κ1) is 12.8. The predicted octanol–water partition coefficient (Wildman–Crippen LogP) is 0.364. The molecule has 1 aliphatic rings. The van der Waals surface area contributed by atoms with Gasteiger partial charge in [0.1, 0.15) is 19.5 Å². The Balaban J connectivity index is 2.65. The Morgan fingerprint density at radius 3 is 2.75 bits per heavy atom. The number of hydrogen-bond acceptors (Lipinski definition) is 4. The van der Waals surface area contributed by atoms with Crippen LogP contribution in [0.2, 0.25) is 0 Å². The molecule has 5 nitrogen and oxygen atoms in total. The highest BCUT2D eigenvalue weighted by Gasteiger charge is 2.30. The fourth-order valence-electron chi connectivity index (χ4n) is 1.24. The van der Waals surface area contributed by atoms with Gasteiger partial charge in [-0.3, -0.25) is 4.79 Å². The second kappa shape index (κ2) is 5.21. The van der Waals surface area contributed by atoms with Crippen LogP contribution in [0, 0.1) is 5.92 Å². The van der Waals surface area contributed by atoms with Crippen LogP contribution in [0.5, 0.6) is 0 Å². The molecule has 0 radical (unpaired) electrons. The van der Waals surface area contributed by atoms with Crippen LogP contribution in [0.4, 0.5) is 0 Å². The Labute approximate surface area is 96.0 Å². The van der Waals surface area contributed by atoms with Crippen LogP contribution in [0.25, 0.3) is 0 Å². The summed E-state index contributed by atoms with van der Waals surface area (Å²) in [5, 5.41) is 2.88. The van der Waals surface area contributed by atoms with E-state index in [0.29, 0.717) is 19.8 Å². The van der Waals surface area contributed by atoms with Gasteiger partial charge in [-0.15, -0.1) is 0 Å². The maximum Gasteiger partial charge on any atom is 0.290 e. The Hall–Kier alpha value is -1.23. The monoisotopic (exact) mass is 228 g/mol. The summed E-state index contributed by atoms with van der Waals surface area (Å²) in [6.07, 6.45) is 1.34. The van der Waals surface area contributed by atoms with E-state index < -0.39 is 5.54 Å². The molecule has 1 heterocycles. The third-order valence-electron chi connectivity index (χ3n) is 2.97. The molecule has 92 valence electrons. The average molecular weight is 228 g/mol. The third kappa shape index (κ3) is 2.88. The zero-order valence-corrected chi connectivity index (χ0v) is 10.1. The molecule has 0 aromatic carbocycles. The molecular weight excluding hydrogens is 208 g/mol. The molecule has 1 unspecified atom stereocenters. The van der Waals surface area contributed by atoms with Crippen LogP contribution >= 0.6 is 0 Å². The molecule has 0 saturated carbocycles. The Morgan fingerprint density at radius 2 is 2.31 bits per heavy atom. The average Bonchev–Trinajstić information content (AvgIpc) is 2.29. The number of ether oxygens (including phenoxy) is 2. The fourth-order valence-corrected chi connectivity index (χ4v) is 1.24. The zero-order chi connectivity index (χ0) is 12.2. The number of nitrogens with two attached hydrogens (primary N) is 1. The van der Waals surface area contributed by atoms with E-state index in [1.54, 1.807) is 0 Å². The van der Waals surface area contributed by atoms with Gasteiger partial charge in [-0.2, -0.15) is 0 Å². The highest BCUT2D eigenvalue weighted by Crippen LogP contribution is 2.16. The fraction of sp³-hybridized carbons (Fsp3) is 0.727. The van der Waals surface area contributed by atoms with Gasteiger partial charge in [0, 0.05) is 6.54 Å². The number of carbonyl (C=O) groups is 1. The lowest BCUT2D eigenvalue weighted by molar-refractivity contribution is -0.124. The summed E-state index contributed by atoms with van der Waals surface area (Å²) in [6.45, 7) is 7.21. The van der Waals surface area contributed by atoms with E-state index in [1.165, 1.54) is 6.26 Å². The number of carbonyl (C=O) groups excluding carboxylic acids is 1. The van der Waals surface area contributed by atoms with E-state index in [0.717, 1.165) is 0 Å². The van der Waals surface area contributed by atoms with Crippen molar-refractivity contribution in [3.8, 4) is 0 Å². The van der Waals surface area contributed by atoms with Crippen molar-refractivity contribution in [1.82, 2.24) is 5.32 Å². The van der Waals surface area contributed by atoms with E-state index in [4.69, 9.17) is 15.2 Å². The first-order valence-corrected chi connectivity index (χ1v) is 5.47. The summed E-state index contributed by atoms with van der Waals surface area (Å²) < 4.78 is 10.2. The van der Waals surface area contributed by atoms with Gasteiger partial charge >= 0.3 is 0 Å². The van der Waals surface area contributed by atoms with E-state index in [2.05, 4.69) is 5.32 Å². The predicted molar refractivity (Wildman–Crippen MR) is 60.4 cm³/mol. The first-order valence-electron chi connectivity index (χ1n) is 5.47. The second-order valence-corrected chi connectivity index (χ2v) is 4.43. The lowest BCUT2D eigenvalue weighted by Crippen LogP contribution is -2.55. The molecule has 16 heavy (non-hydrogen) atoms. The first-order chi connectivity index (χ1) is 7.49. The van der Waals surface area contributed by atoms with Gasteiger partial charge in [-0.05, 0) is 12.8 Å². The van der Waals surface area contributed by atoms with E-state index in [-0.39, 0.29) is 17.6 Å². The SMILES string of the molecule is CC(C)C(C)(CN)NC(=O)C1=COCCO1. The molecule has 5 heteroatoms. The highest BCUT2D eigenvalue weighted by molar-refractivity contribution is 5.91. The topological polar surface area (TPSA) is 73.6 Å². The summed E-state index contributed by atoms with van der Waals surface area (Å²) in [5.41, 5.74) is 5.25. The van der Waals surface area contributed by atoms with Gasteiger partial charge < -0.3 is 20.5 Å². The molecule has 1 rings (SSSR count). The Kier molecular flexibility index (Phi) is 4.18. The molecule has 0 aromatic rings. The van der Waals surface area contributed by atoms with Crippen molar-refractivity contribution in [3.05, 3.63) is 12.0 Å². The molecule has 3 N–H and O–H groups in total. The maximum absolute atomic E-state index is 11.8. The van der Waals surface area contributed by atoms with Crippen molar-refractivity contribution in [2.75, 3.05) is 19.8 Å². The third-order valence-corrected chi connectivity index (χ3v) is 2.97. The zero-order valence-electron chi connectivity index (χ0n) is 10.1. The van der Waals surface area contributed by atoms with Gasteiger partial charge in [0.15, 0.2) is 0 Å². The van der Waals surface area contributed by atoms with Gasteiger partial charge in [0.25, 0.3) is 5.91 Å². The normalized spacial score (nSPS) is 19.2. The summed E-state index contributed by atoms with van der Waals surface area (Å²) in [5.74, 6) is 0.180. The number of rotatable bonds is 4. The van der Waals surface area contributed by atoms with Gasteiger partial charge in [0.2, 0.25) is 5.76 Å². The van der Waals surface area contributed by atoms with Crippen molar-refractivity contribution in [2.45, 2.75) is 26.3 Å². The second-order valence-electron chi connectivity index (χ2n) is 4.43. The molecular formula is C11H20N2O3. The number of nitrogens with one attached hydrogen (secondary N) is 1. The van der Waals surface area contributed by atoms with Crippen LogP contribution in [-0.2, 0) is 14.3 Å². The highest BCUT2D eigenvalue weighted by atomic mass is 16.6. The standard InChI is InChI=1S/C11H20N2O3/c1-8(2)11(3,7-12)13-10(14)9-6-15-4-5-16-9/h6,8H,4-5,7,12H2,1-3H3,(H,13,14). The maximum atomic E-state index is 11.8. The molecule has 0 bridgehead atoms. The largest absolute Gasteiger partial charge is 0.494 e. The molecule has 0 spiro atoms. The lowest BCUT2D eigenvalue weighted by Gasteiger charge is -2.33. The summed E-state index contributed by atoms with van der Waals surface area (Å²) >= 11 is 0. The summed E-state index contributed by atoms with van der Waals surface area (Å²) in [6, 6.07) is 0. The summed E-state index contributed by atoms with van der Waals surface area (Å²) in [7, 11) is 0. The van der Waals surface area contributed by atoms with Crippen LogP contribution in [0.3, 0.4) is 0 Å². The number of hydrogen-bond donors (Lipinski definition) is 2. The van der Waals surface area contributed by atoms with Gasteiger partial charge in [-0.25, -0.2) is 0 Å². The molecule has 1 amide bonds. The summed E-state index contributed by atoms with van der Waals surface area (Å²) in [4.78, 5) is 11.8. The molecule has 0 fully saturated rings. The lowest BCUT2D eigenvalue weighted by atomic mass is 9.88. The van der Waals surface area contributed by atoms with Crippen LogP contribution in [0.1, 0.15) is 20.8 Å². The van der Waals surface area contributed by atoms with Crippen molar-refractivity contribution in [1.29, 1.82) is 0 Å².